The topological polar surface area (TPSA) is 18.5 Å². The summed E-state index contributed by atoms with van der Waals surface area (Å²) in [6.07, 6.45) is -4.35. The lowest BCUT2D eigenvalue weighted by Gasteiger charge is -2.63. The monoisotopic (exact) mass is 258 g/mol. The Morgan fingerprint density at radius 2 is 1.41 bits per heavy atom. The van der Waals surface area contributed by atoms with Crippen LogP contribution in [0.4, 0.5) is 17.6 Å². The minimum atomic E-state index is -4.35. The van der Waals surface area contributed by atoms with Gasteiger partial charge in [0.15, 0.2) is 6.86 Å². The van der Waals surface area contributed by atoms with Gasteiger partial charge in [-0.2, -0.15) is 13.2 Å². The fraction of sp³-hybridized carbons (Fsp3) is 1.00. The van der Waals surface area contributed by atoms with E-state index in [2.05, 4.69) is 0 Å². The van der Waals surface area contributed by atoms with Crippen molar-refractivity contribution in [2.45, 2.75) is 45.1 Å². The van der Waals surface area contributed by atoms with Gasteiger partial charge in [0.05, 0.1) is 11.2 Å². The summed E-state index contributed by atoms with van der Waals surface area (Å²) in [6, 6.07) is 0. The molecule has 102 valence electrons. The molecule has 2 nitrogen and oxygen atoms in total. The van der Waals surface area contributed by atoms with Gasteiger partial charge in [0.25, 0.3) is 0 Å². The van der Waals surface area contributed by atoms with Crippen LogP contribution in [0.5, 0.6) is 0 Å². The number of hydrogen-bond donors (Lipinski definition) is 0. The summed E-state index contributed by atoms with van der Waals surface area (Å²) in [5.74, 6) is -0.605. The normalized spacial score (nSPS) is 42.4. The Morgan fingerprint density at radius 3 is 1.76 bits per heavy atom. The summed E-state index contributed by atoms with van der Waals surface area (Å²) in [7, 11) is 0. The fourth-order valence-electron chi connectivity index (χ4n) is 2.65. The zero-order valence-corrected chi connectivity index (χ0v) is 10.4. The van der Waals surface area contributed by atoms with Gasteiger partial charge in [-0.1, -0.05) is 13.8 Å². The fourth-order valence-corrected chi connectivity index (χ4v) is 2.65. The number of rotatable bonds is 4. The molecule has 1 rings (SSSR count). The lowest BCUT2D eigenvalue weighted by molar-refractivity contribution is -0.327. The van der Waals surface area contributed by atoms with E-state index in [-0.39, 0.29) is 11.8 Å². The zero-order valence-electron chi connectivity index (χ0n) is 10.4. The number of halogens is 4. The van der Waals surface area contributed by atoms with Crippen LogP contribution in [0.3, 0.4) is 0 Å². The molecule has 0 bridgehead atoms. The summed E-state index contributed by atoms with van der Waals surface area (Å²) < 4.78 is 58.6. The number of ether oxygens (including phenoxy) is 2. The zero-order chi connectivity index (χ0) is 13.5. The van der Waals surface area contributed by atoms with Crippen molar-refractivity contribution in [3.63, 3.8) is 0 Å². The van der Waals surface area contributed by atoms with Crippen LogP contribution in [0.15, 0.2) is 0 Å². The van der Waals surface area contributed by atoms with E-state index < -0.39 is 30.8 Å². The molecule has 1 fully saturated rings. The average Bonchev–Trinajstić information content (AvgIpc) is 2.23. The molecular weight excluding hydrogens is 240 g/mol. The molecule has 0 aromatic carbocycles. The predicted octanol–water partition coefficient (Wildman–Crippen LogP) is 3.31. The van der Waals surface area contributed by atoms with Crippen molar-refractivity contribution in [1.29, 1.82) is 0 Å². The smallest absolute Gasteiger partial charge is 0.365 e. The first-order chi connectivity index (χ1) is 7.58. The molecule has 0 aliphatic heterocycles. The molecule has 1 aliphatic carbocycles. The lowest BCUT2D eigenvalue weighted by atomic mass is 9.53. The molecule has 0 amide bonds. The third kappa shape index (κ3) is 2.42. The molecule has 0 saturated heterocycles. The molecule has 0 spiro atoms. The van der Waals surface area contributed by atoms with Gasteiger partial charge in [0, 0.05) is 11.8 Å². The van der Waals surface area contributed by atoms with E-state index in [9.17, 15) is 17.6 Å². The first-order valence-electron chi connectivity index (χ1n) is 5.48. The Labute approximate surface area is 98.3 Å². The van der Waals surface area contributed by atoms with Crippen molar-refractivity contribution in [1.82, 2.24) is 0 Å². The largest absolute Gasteiger partial charge is 0.411 e. The van der Waals surface area contributed by atoms with Gasteiger partial charge >= 0.3 is 6.18 Å². The Hall–Kier alpha value is -0.360. The molecule has 2 unspecified atom stereocenters. The maximum absolute atomic E-state index is 12.2. The van der Waals surface area contributed by atoms with Gasteiger partial charge < -0.3 is 9.47 Å². The van der Waals surface area contributed by atoms with Crippen LogP contribution in [0.25, 0.3) is 0 Å². The highest BCUT2D eigenvalue weighted by Crippen LogP contribution is 2.56. The lowest BCUT2D eigenvalue weighted by Crippen LogP contribution is -2.71. The first-order valence-corrected chi connectivity index (χ1v) is 5.48. The number of hydrogen-bond acceptors (Lipinski definition) is 2. The third-order valence-corrected chi connectivity index (χ3v) is 4.35. The van der Waals surface area contributed by atoms with E-state index in [1.807, 2.05) is 0 Å². The van der Waals surface area contributed by atoms with Crippen LogP contribution >= 0.6 is 0 Å². The molecule has 0 aromatic rings. The minimum Gasteiger partial charge on any atom is -0.365 e. The Morgan fingerprint density at radius 1 is 1.00 bits per heavy atom. The van der Waals surface area contributed by atoms with Crippen LogP contribution in [0.1, 0.15) is 27.7 Å². The molecule has 0 heterocycles. The second-order valence-electron chi connectivity index (χ2n) is 4.97. The standard InChI is InChI=1S/C11H18F4O2/c1-7-9(3,16-5-11(13,14)15)8(2)10(7,4)17-6-12/h7-8H,5-6H2,1-4H3. The third-order valence-electron chi connectivity index (χ3n) is 4.35. The van der Waals surface area contributed by atoms with E-state index in [1.165, 1.54) is 0 Å². The van der Waals surface area contributed by atoms with Gasteiger partial charge in [-0.3, -0.25) is 0 Å². The van der Waals surface area contributed by atoms with Gasteiger partial charge in [-0.15, -0.1) is 0 Å². The van der Waals surface area contributed by atoms with Gasteiger partial charge in [0.2, 0.25) is 0 Å². The van der Waals surface area contributed by atoms with Crippen LogP contribution in [0.2, 0.25) is 0 Å². The first kappa shape index (κ1) is 14.7. The highest BCUT2D eigenvalue weighted by atomic mass is 19.4. The minimum absolute atomic E-state index is 0.303. The second-order valence-corrected chi connectivity index (χ2v) is 4.97. The van der Waals surface area contributed by atoms with Crippen molar-refractivity contribution in [3.05, 3.63) is 0 Å². The van der Waals surface area contributed by atoms with E-state index in [1.54, 1.807) is 27.7 Å². The van der Waals surface area contributed by atoms with Crippen molar-refractivity contribution in [3.8, 4) is 0 Å². The molecule has 6 heteroatoms. The van der Waals surface area contributed by atoms with E-state index in [0.29, 0.717) is 0 Å². The van der Waals surface area contributed by atoms with Gasteiger partial charge in [0.1, 0.15) is 6.61 Å². The summed E-state index contributed by atoms with van der Waals surface area (Å²) in [6.45, 7) is 4.50. The van der Waals surface area contributed by atoms with E-state index in [0.717, 1.165) is 0 Å². The van der Waals surface area contributed by atoms with Crippen LogP contribution < -0.4 is 0 Å². The molecule has 1 saturated carbocycles. The van der Waals surface area contributed by atoms with Crippen LogP contribution in [-0.2, 0) is 9.47 Å². The molecule has 1 aliphatic rings. The average molecular weight is 258 g/mol. The highest BCUT2D eigenvalue weighted by molar-refractivity contribution is 5.13. The Kier molecular flexibility index (Phi) is 3.79. The van der Waals surface area contributed by atoms with Crippen molar-refractivity contribution in [2.24, 2.45) is 11.8 Å². The highest BCUT2D eigenvalue weighted by Gasteiger charge is 2.64. The summed E-state index contributed by atoms with van der Waals surface area (Å²) in [5.41, 5.74) is -1.70. The molecule has 0 N–H and O–H groups in total. The van der Waals surface area contributed by atoms with Crippen LogP contribution in [0, 0.1) is 11.8 Å². The van der Waals surface area contributed by atoms with Crippen molar-refractivity contribution < 1.29 is 27.0 Å². The van der Waals surface area contributed by atoms with E-state index >= 15 is 0 Å². The summed E-state index contributed by atoms with van der Waals surface area (Å²) >= 11 is 0. The Balaban J connectivity index is 2.68. The van der Waals surface area contributed by atoms with E-state index in [4.69, 9.17) is 9.47 Å². The quantitative estimate of drug-likeness (QED) is 0.720. The molecule has 17 heavy (non-hydrogen) atoms. The van der Waals surface area contributed by atoms with Crippen molar-refractivity contribution in [2.75, 3.05) is 13.5 Å². The molecule has 0 aromatic heterocycles. The maximum Gasteiger partial charge on any atom is 0.411 e. The predicted molar refractivity (Wildman–Crippen MR) is 54.2 cm³/mol. The summed E-state index contributed by atoms with van der Waals surface area (Å²) in [4.78, 5) is 0. The molecular formula is C11H18F4O2. The SMILES string of the molecule is CC1C(C)(OCF)C(C)C1(C)OCC(F)(F)F. The second kappa shape index (κ2) is 4.39. The van der Waals surface area contributed by atoms with Gasteiger partial charge in [-0.25, -0.2) is 4.39 Å². The maximum atomic E-state index is 12.2. The summed E-state index contributed by atoms with van der Waals surface area (Å²) in [5, 5.41) is 0. The van der Waals surface area contributed by atoms with Crippen LogP contribution in [-0.4, -0.2) is 30.8 Å². The van der Waals surface area contributed by atoms with Crippen molar-refractivity contribution >= 4 is 0 Å². The molecule has 2 atom stereocenters. The van der Waals surface area contributed by atoms with Gasteiger partial charge in [-0.05, 0) is 13.8 Å². The molecule has 0 radical (unpaired) electrons. The number of alkyl halides is 4. The Bertz CT molecular complexity index is 267.